The molecule has 0 saturated carbocycles. The maximum Gasteiger partial charge on any atom is 0.433 e. The molecule has 1 aliphatic carbocycles. The fourth-order valence-corrected chi connectivity index (χ4v) is 2.66. The Bertz CT molecular complexity index is 671. The second-order valence-corrected chi connectivity index (χ2v) is 5.17. The fourth-order valence-electron chi connectivity index (χ4n) is 2.66. The van der Waals surface area contributed by atoms with Crippen molar-refractivity contribution in [2.45, 2.75) is 25.1 Å². The molecule has 1 aromatic heterocycles. The van der Waals surface area contributed by atoms with Gasteiger partial charge in [-0.15, -0.1) is 0 Å². The van der Waals surface area contributed by atoms with Gasteiger partial charge >= 0.3 is 6.18 Å². The quantitative estimate of drug-likeness (QED) is 0.848. The van der Waals surface area contributed by atoms with E-state index >= 15 is 0 Å². The Kier molecular flexibility index (Phi) is 3.33. The highest BCUT2D eigenvalue weighted by molar-refractivity contribution is 5.82. The molecule has 1 aliphatic rings. The van der Waals surface area contributed by atoms with Gasteiger partial charge in [-0.1, -0.05) is 30.3 Å². The van der Waals surface area contributed by atoms with Crippen molar-refractivity contribution in [3.63, 3.8) is 0 Å². The number of alkyl halides is 3. The Hall–Kier alpha value is -2.08. The lowest BCUT2D eigenvalue weighted by atomic mass is 9.87. The Morgan fingerprint density at radius 2 is 1.90 bits per heavy atom. The van der Waals surface area contributed by atoms with E-state index in [1.807, 2.05) is 36.4 Å². The maximum absolute atomic E-state index is 13.0. The van der Waals surface area contributed by atoms with Crippen LogP contribution in [-0.2, 0) is 12.6 Å². The minimum Gasteiger partial charge on any atom is -0.327 e. The molecule has 21 heavy (non-hydrogen) atoms. The van der Waals surface area contributed by atoms with Crippen molar-refractivity contribution >= 4 is 11.6 Å². The standard InChI is InChI=1S/C15H14F3N3/c16-15(17,18)14-12-8-11(19)7-10(13(12)20-21-14)6-9-4-2-1-3-5-9/h1-6,11H,7-8,19H2,(H,20,21)/b10-6+. The number of aromatic nitrogens is 2. The molecule has 110 valence electrons. The molecule has 1 unspecified atom stereocenters. The van der Waals surface area contributed by atoms with E-state index < -0.39 is 11.9 Å². The first-order valence-electron chi connectivity index (χ1n) is 6.61. The monoisotopic (exact) mass is 293 g/mol. The minimum atomic E-state index is -4.44. The third-order valence-corrected chi connectivity index (χ3v) is 3.54. The maximum atomic E-state index is 13.0. The summed E-state index contributed by atoms with van der Waals surface area (Å²) in [5, 5.41) is 5.99. The van der Waals surface area contributed by atoms with Crippen LogP contribution in [0.5, 0.6) is 0 Å². The molecule has 1 atom stereocenters. The summed E-state index contributed by atoms with van der Waals surface area (Å²) in [6.07, 6.45) is -1.88. The van der Waals surface area contributed by atoms with Crippen molar-refractivity contribution in [3.8, 4) is 0 Å². The molecule has 3 N–H and O–H groups in total. The zero-order valence-corrected chi connectivity index (χ0v) is 11.1. The molecule has 0 amide bonds. The largest absolute Gasteiger partial charge is 0.433 e. The molecule has 2 aromatic rings. The predicted molar refractivity (Wildman–Crippen MR) is 74.2 cm³/mol. The van der Waals surface area contributed by atoms with Crippen molar-refractivity contribution in [2.75, 3.05) is 0 Å². The summed E-state index contributed by atoms with van der Waals surface area (Å²) in [7, 11) is 0. The minimum absolute atomic E-state index is 0.170. The average molecular weight is 293 g/mol. The van der Waals surface area contributed by atoms with E-state index in [2.05, 4.69) is 10.2 Å². The van der Waals surface area contributed by atoms with Gasteiger partial charge in [0.05, 0.1) is 5.69 Å². The number of benzene rings is 1. The fraction of sp³-hybridized carbons (Fsp3) is 0.267. The summed E-state index contributed by atoms with van der Waals surface area (Å²) in [4.78, 5) is 0. The van der Waals surface area contributed by atoms with Crippen LogP contribution in [0.25, 0.3) is 11.6 Å². The number of H-pyrrole nitrogens is 1. The van der Waals surface area contributed by atoms with Gasteiger partial charge in [-0.2, -0.15) is 18.3 Å². The van der Waals surface area contributed by atoms with Crippen LogP contribution in [0.3, 0.4) is 0 Å². The van der Waals surface area contributed by atoms with Crippen LogP contribution >= 0.6 is 0 Å². The van der Waals surface area contributed by atoms with Gasteiger partial charge in [-0.05, 0) is 30.1 Å². The van der Waals surface area contributed by atoms with Crippen LogP contribution in [0, 0.1) is 0 Å². The van der Waals surface area contributed by atoms with Crippen LogP contribution in [0.1, 0.15) is 28.9 Å². The van der Waals surface area contributed by atoms with Crippen LogP contribution < -0.4 is 5.73 Å². The molecule has 0 spiro atoms. The first-order chi connectivity index (χ1) is 9.95. The summed E-state index contributed by atoms with van der Waals surface area (Å²) in [6.45, 7) is 0. The molecule has 1 aromatic carbocycles. The third-order valence-electron chi connectivity index (χ3n) is 3.54. The lowest BCUT2D eigenvalue weighted by molar-refractivity contribution is -0.141. The lowest BCUT2D eigenvalue weighted by Gasteiger charge is -2.21. The van der Waals surface area contributed by atoms with Gasteiger partial charge in [0.1, 0.15) is 5.69 Å². The Morgan fingerprint density at radius 3 is 2.57 bits per heavy atom. The van der Waals surface area contributed by atoms with E-state index in [1.54, 1.807) is 0 Å². The SMILES string of the molecule is NC1C/C(=C\c2ccccc2)c2n[nH]c(C(F)(F)F)c2C1. The number of rotatable bonds is 1. The Labute approximate surface area is 119 Å². The molecule has 0 saturated heterocycles. The number of hydrogen-bond donors (Lipinski definition) is 2. The number of fused-ring (bicyclic) bond motifs is 1. The molecular formula is C15H14F3N3. The van der Waals surface area contributed by atoms with E-state index in [4.69, 9.17) is 5.73 Å². The van der Waals surface area contributed by atoms with Crippen LogP contribution in [-0.4, -0.2) is 16.2 Å². The van der Waals surface area contributed by atoms with Gasteiger partial charge in [0.2, 0.25) is 0 Å². The van der Waals surface area contributed by atoms with Gasteiger partial charge in [-0.3, -0.25) is 5.10 Å². The summed E-state index contributed by atoms with van der Waals surface area (Å²) in [5.41, 5.74) is 7.34. The zero-order valence-electron chi connectivity index (χ0n) is 11.1. The molecule has 0 bridgehead atoms. The number of hydrogen-bond acceptors (Lipinski definition) is 2. The summed E-state index contributed by atoms with van der Waals surface area (Å²) in [5.74, 6) is 0. The van der Waals surface area contributed by atoms with E-state index in [1.165, 1.54) is 0 Å². The summed E-state index contributed by atoms with van der Waals surface area (Å²) in [6, 6.07) is 9.10. The van der Waals surface area contributed by atoms with Crippen LogP contribution in [0.15, 0.2) is 30.3 Å². The van der Waals surface area contributed by atoms with Gasteiger partial charge < -0.3 is 5.73 Å². The molecular weight excluding hydrogens is 279 g/mol. The van der Waals surface area contributed by atoms with E-state index in [0.29, 0.717) is 12.1 Å². The molecule has 1 heterocycles. The molecule has 6 heteroatoms. The Morgan fingerprint density at radius 1 is 1.19 bits per heavy atom. The van der Waals surface area contributed by atoms with E-state index in [9.17, 15) is 13.2 Å². The van der Waals surface area contributed by atoms with Crippen molar-refractivity contribution < 1.29 is 13.2 Å². The molecule has 0 radical (unpaired) electrons. The highest BCUT2D eigenvalue weighted by atomic mass is 19.4. The lowest BCUT2D eigenvalue weighted by Crippen LogP contribution is -2.28. The highest BCUT2D eigenvalue weighted by Crippen LogP contribution is 2.38. The third kappa shape index (κ3) is 2.71. The number of nitrogens with two attached hydrogens (primary N) is 1. The predicted octanol–water partition coefficient (Wildman–Crippen LogP) is 3.24. The number of nitrogens with zero attached hydrogens (tertiary/aromatic N) is 1. The average Bonchev–Trinajstić information content (AvgIpc) is 2.83. The van der Waals surface area contributed by atoms with Crippen molar-refractivity contribution in [3.05, 3.63) is 52.8 Å². The molecule has 3 nitrogen and oxygen atoms in total. The highest BCUT2D eigenvalue weighted by Gasteiger charge is 2.39. The molecule has 3 rings (SSSR count). The first-order valence-corrected chi connectivity index (χ1v) is 6.61. The van der Waals surface area contributed by atoms with Crippen LogP contribution in [0.4, 0.5) is 13.2 Å². The second-order valence-electron chi connectivity index (χ2n) is 5.17. The van der Waals surface area contributed by atoms with Gasteiger partial charge in [-0.25, -0.2) is 0 Å². The topological polar surface area (TPSA) is 54.7 Å². The zero-order chi connectivity index (χ0) is 15.0. The summed E-state index contributed by atoms with van der Waals surface area (Å²) >= 11 is 0. The van der Waals surface area contributed by atoms with E-state index in [-0.39, 0.29) is 18.0 Å². The number of halogens is 3. The first kappa shape index (κ1) is 13.9. The van der Waals surface area contributed by atoms with Gasteiger partial charge in [0, 0.05) is 11.6 Å². The van der Waals surface area contributed by atoms with Gasteiger partial charge in [0.25, 0.3) is 0 Å². The molecule has 0 fully saturated rings. The smallest absolute Gasteiger partial charge is 0.327 e. The van der Waals surface area contributed by atoms with Crippen molar-refractivity contribution in [1.82, 2.24) is 10.2 Å². The van der Waals surface area contributed by atoms with E-state index in [0.717, 1.165) is 11.1 Å². The summed E-state index contributed by atoms with van der Waals surface area (Å²) < 4.78 is 38.9. The molecule has 0 aliphatic heterocycles. The Balaban J connectivity index is 2.07. The normalized spacial score (nSPS) is 20.6. The number of nitrogens with one attached hydrogen (secondary N) is 1. The van der Waals surface area contributed by atoms with Crippen molar-refractivity contribution in [2.24, 2.45) is 5.73 Å². The number of aromatic amines is 1. The van der Waals surface area contributed by atoms with Gasteiger partial charge in [0.15, 0.2) is 0 Å². The van der Waals surface area contributed by atoms with Crippen LogP contribution in [0.2, 0.25) is 0 Å². The van der Waals surface area contributed by atoms with Crippen molar-refractivity contribution in [1.29, 1.82) is 0 Å². The second kappa shape index (κ2) is 5.04.